The zero-order valence-electron chi connectivity index (χ0n) is 13.0. The Morgan fingerprint density at radius 2 is 2.00 bits per heavy atom. The van der Waals surface area contributed by atoms with Crippen LogP contribution in [0.3, 0.4) is 0 Å². The maximum Gasteiger partial charge on any atom is 0.355 e. The lowest BCUT2D eigenvalue weighted by Gasteiger charge is -2.12. The molecule has 6 nitrogen and oxygen atoms in total. The first kappa shape index (κ1) is 15.0. The van der Waals surface area contributed by atoms with Crippen molar-refractivity contribution in [1.29, 1.82) is 0 Å². The highest BCUT2D eigenvalue weighted by molar-refractivity contribution is 5.87. The molecular weight excluding hydrogens is 294 g/mol. The fourth-order valence-electron chi connectivity index (χ4n) is 2.26. The van der Waals surface area contributed by atoms with E-state index in [1.165, 1.54) is 0 Å². The average Bonchev–Trinajstić information content (AvgIpc) is 3.17. The van der Waals surface area contributed by atoms with Crippen LogP contribution in [0.5, 0.6) is 0 Å². The number of aromatic nitrogens is 3. The van der Waals surface area contributed by atoms with Crippen LogP contribution in [0.1, 0.15) is 40.9 Å². The summed E-state index contributed by atoms with van der Waals surface area (Å²) in [6.07, 6.45) is 1.26. The SMILES string of the molecule is Cc1nnc([C@H](C)OC(=O)c2cccn2Cc2ccccc2)o1. The normalized spacial score (nSPS) is 12.1. The lowest BCUT2D eigenvalue weighted by atomic mass is 10.2. The fourth-order valence-corrected chi connectivity index (χ4v) is 2.26. The minimum Gasteiger partial charge on any atom is -0.448 e. The molecule has 1 atom stereocenters. The van der Waals surface area contributed by atoms with Gasteiger partial charge >= 0.3 is 5.97 Å². The van der Waals surface area contributed by atoms with Gasteiger partial charge in [-0.05, 0) is 24.6 Å². The minimum absolute atomic E-state index is 0.289. The van der Waals surface area contributed by atoms with Gasteiger partial charge in [0.2, 0.25) is 5.89 Å². The van der Waals surface area contributed by atoms with E-state index < -0.39 is 12.1 Å². The maximum absolute atomic E-state index is 12.4. The summed E-state index contributed by atoms with van der Waals surface area (Å²) in [5, 5.41) is 7.61. The molecule has 0 saturated carbocycles. The van der Waals surface area contributed by atoms with E-state index in [1.54, 1.807) is 19.9 Å². The molecule has 23 heavy (non-hydrogen) atoms. The van der Waals surface area contributed by atoms with Crippen LogP contribution < -0.4 is 0 Å². The summed E-state index contributed by atoms with van der Waals surface area (Å²) >= 11 is 0. The number of carbonyl (C=O) groups is 1. The molecular formula is C17H17N3O3. The number of hydrogen-bond acceptors (Lipinski definition) is 5. The highest BCUT2D eigenvalue weighted by Gasteiger charge is 2.20. The molecule has 1 aromatic carbocycles. The van der Waals surface area contributed by atoms with E-state index in [-0.39, 0.29) is 5.89 Å². The number of nitrogens with zero attached hydrogens (tertiary/aromatic N) is 3. The highest BCUT2D eigenvalue weighted by atomic mass is 16.6. The second kappa shape index (κ2) is 6.48. The number of aryl methyl sites for hydroxylation is 1. The molecule has 0 aliphatic rings. The maximum atomic E-state index is 12.4. The molecule has 0 radical (unpaired) electrons. The monoisotopic (exact) mass is 311 g/mol. The number of carbonyl (C=O) groups excluding carboxylic acids is 1. The lowest BCUT2D eigenvalue weighted by Crippen LogP contribution is -2.14. The quantitative estimate of drug-likeness (QED) is 0.677. The summed E-state index contributed by atoms with van der Waals surface area (Å²) < 4.78 is 12.6. The number of esters is 1. The van der Waals surface area contributed by atoms with Crippen molar-refractivity contribution in [2.24, 2.45) is 0 Å². The Balaban J connectivity index is 1.72. The molecule has 0 N–H and O–H groups in total. The van der Waals surface area contributed by atoms with Gasteiger partial charge in [0.1, 0.15) is 5.69 Å². The van der Waals surface area contributed by atoms with E-state index in [0.29, 0.717) is 18.1 Å². The fraction of sp³-hybridized carbons (Fsp3) is 0.235. The van der Waals surface area contributed by atoms with Gasteiger partial charge in [0.25, 0.3) is 5.89 Å². The molecule has 3 rings (SSSR count). The van der Waals surface area contributed by atoms with Crippen molar-refractivity contribution in [2.45, 2.75) is 26.5 Å². The van der Waals surface area contributed by atoms with Crippen molar-refractivity contribution < 1.29 is 13.9 Å². The molecule has 0 aliphatic carbocycles. The molecule has 0 aliphatic heterocycles. The smallest absolute Gasteiger partial charge is 0.355 e. The predicted octanol–water partition coefficient (Wildman–Crippen LogP) is 3.15. The highest BCUT2D eigenvalue weighted by Crippen LogP contribution is 2.18. The van der Waals surface area contributed by atoms with Gasteiger partial charge in [-0.15, -0.1) is 10.2 Å². The third-order valence-corrected chi connectivity index (χ3v) is 3.41. The Morgan fingerprint density at radius 1 is 1.22 bits per heavy atom. The lowest BCUT2D eigenvalue weighted by molar-refractivity contribution is 0.0265. The van der Waals surface area contributed by atoms with Crippen molar-refractivity contribution in [3.63, 3.8) is 0 Å². The molecule has 0 bridgehead atoms. The van der Waals surface area contributed by atoms with Crippen LogP contribution >= 0.6 is 0 Å². The van der Waals surface area contributed by atoms with Gasteiger partial charge in [-0.1, -0.05) is 30.3 Å². The van der Waals surface area contributed by atoms with Crippen molar-refractivity contribution in [1.82, 2.24) is 14.8 Å². The molecule has 118 valence electrons. The Bertz CT molecular complexity index is 792. The number of rotatable bonds is 5. The van der Waals surface area contributed by atoms with Gasteiger partial charge in [-0.25, -0.2) is 4.79 Å². The molecule has 0 amide bonds. The summed E-state index contributed by atoms with van der Waals surface area (Å²) in [5.74, 6) is 0.307. The Hall–Kier alpha value is -2.89. The molecule has 2 aromatic heterocycles. The van der Waals surface area contributed by atoms with Crippen LogP contribution in [-0.4, -0.2) is 20.7 Å². The molecule has 0 unspecified atom stereocenters. The molecule has 0 fully saturated rings. The molecule has 6 heteroatoms. The third kappa shape index (κ3) is 3.48. The van der Waals surface area contributed by atoms with Gasteiger partial charge < -0.3 is 13.7 Å². The van der Waals surface area contributed by atoms with Crippen LogP contribution in [0.15, 0.2) is 53.1 Å². The van der Waals surface area contributed by atoms with Gasteiger partial charge in [0.05, 0.1) is 0 Å². The largest absolute Gasteiger partial charge is 0.448 e. The van der Waals surface area contributed by atoms with Gasteiger partial charge in [0.15, 0.2) is 6.10 Å². The van der Waals surface area contributed by atoms with Crippen molar-refractivity contribution in [2.75, 3.05) is 0 Å². The third-order valence-electron chi connectivity index (χ3n) is 3.41. The van der Waals surface area contributed by atoms with Crippen molar-refractivity contribution in [3.05, 3.63) is 71.7 Å². The van der Waals surface area contributed by atoms with E-state index in [4.69, 9.17) is 9.15 Å². The first-order valence-electron chi connectivity index (χ1n) is 7.33. The van der Waals surface area contributed by atoms with Crippen LogP contribution in [-0.2, 0) is 11.3 Å². The van der Waals surface area contributed by atoms with E-state index in [0.717, 1.165) is 5.56 Å². The molecule has 0 spiro atoms. The Morgan fingerprint density at radius 3 is 2.70 bits per heavy atom. The van der Waals surface area contributed by atoms with Gasteiger partial charge in [-0.3, -0.25) is 0 Å². The zero-order valence-corrected chi connectivity index (χ0v) is 13.0. The van der Waals surface area contributed by atoms with E-state index in [2.05, 4.69) is 10.2 Å². The van der Waals surface area contributed by atoms with Crippen molar-refractivity contribution in [3.8, 4) is 0 Å². The minimum atomic E-state index is -0.594. The molecule has 3 aromatic rings. The number of hydrogen-bond donors (Lipinski definition) is 0. The van der Waals surface area contributed by atoms with E-state index in [1.807, 2.05) is 47.2 Å². The summed E-state index contributed by atoms with van der Waals surface area (Å²) in [5.41, 5.74) is 1.59. The van der Waals surface area contributed by atoms with Gasteiger partial charge in [-0.2, -0.15) is 0 Å². The van der Waals surface area contributed by atoms with E-state index in [9.17, 15) is 4.79 Å². The van der Waals surface area contributed by atoms with E-state index >= 15 is 0 Å². The Labute approximate surface area is 133 Å². The van der Waals surface area contributed by atoms with Gasteiger partial charge in [0, 0.05) is 19.7 Å². The number of ether oxygens (including phenoxy) is 1. The van der Waals surface area contributed by atoms with Crippen LogP contribution in [0.4, 0.5) is 0 Å². The summed E-state index contributed by atoms with van der Waals surface area (Å²) in [6, 6.07) is 13.5. The summed E-state index contributed by atoms with van der Waals surface area (Å²) in [6.45, 7) is 4.00. The average molecular weight is 311 g/mol. The number of benzene rings is 1. The van der Waals surface area contributed by atoms with Crippen LogP contribution in [0, 0.1) is 6.92 Å². The predicted molar refractivity (Wildman–Crippen MR) is 82.8 cm³/mol. The second-order valence-electron chi connectivity index (χ2n) is 5.21. The van der Waals surface area contributed by atoms with Crippen LogP contribution in [0.2, 0.25) is 0 Å². The molecule has 2 heterocycles. The topological polar surface area (TPSA) is 70.2 Å². The second-order valence-corrected chi connectivity index (χ2v) is 5.21. The zero-order chi connectivity index (χ0) is 16.2. The first-order chi connectivity index (χ1) is 11.1. The van der Waals surface area contributed by atoms with Crippen molar-refractivity contribution >= 4 is 5.97 Å². The standard InChI is InChI=1S/C17H17N3O3/c1-12(16-19-18-13(2)23-16)22-17(21)15-9-6-10-20(15)11-14-7-4-3-5-8-14/h3-10,12H,11H2,1-2H3/t12-/m0/s1. The summed E-state index contributed by atoms with van der Waals surface area (Å²) in [4.78, 5) is 12.4. The van der Waals surface area contributed by atoms with Crippen LogP contribution in [0.25, 0.3) is 0 Å². The summed E-state index contributed by atoms with van der Waals surface area (Å²) in [7, 11) is 0. The Kier molecular flexibility index (Phi) is 4.23. The first-order valence-corrected chi connectivity index (χ1v) is 7.33. The molecule has 0 saturated heterocycles.